The van der Waals surface area contributed by atoms with Gasteiger partial charge in [0.15, 0.2) is 0 Å². The molecule has 0 bridgehead atoms. The van der Waals surface area contributed by atoms with E-state index < -0.39 is 6.04 Å². The summed E-state index contributed by atoms with van der Waals surface area (Å²) in [6.07, 6.45) is 0.384. The number of carbonyl (C=O) groups is 1. The molecule has 1 N–H and O–H groups in total. The number of hydrogen-bond donors (Lipinski definition) is 1. The van der Waals surface area contributed by atoms with Crippen molar-refractivity contribution in [3.63, 3.8) is 0 Å². The van der Waals surface area contributed by atoms with Crippen molar-refractivity contribution in [3.05, 3.63) is 34.3 Å². The number of rotatable bonds is 3. The second kappa shape index (κ2) is 5.52. The minimum absolute atomic E-state index is 0.121. The topological polar surface area (TPSA) is 52.9 Å². The average molecular weight is 267 g/mol. The van der Waals surface area contributed by atoms with Gasteiger partial charge in [-0.3, -0.25) is 4.79 Å². The summed E-state index contributed by atoms with van der Waals surface area (Å²) >= 11 is 3.31. The number of benzene rings is 1. The zero-order valence-electron chi connectivity index (χ0n) is 8.33. The van der Waals surface area contributed by atoms with Gasteiger partial charge in [0.2, 0.25) is 5.91 Å². The molecule has 4 heteroatoms. The molecule has 0 radical (unpaired) electrons. The van der Waals surface area contributed by atoms with Crippen LogP contribution in [-0.2, 0) is 4.79 Å². The third-order valence-electron chi connectivity index (χ3n) is 1.96. The first-order valence-electron chi connectivity index (χ1n) is 4.61. The Balaban J connectivity index is 2.80. The number of amides is 1. The third kappa shape index (κ3) is 3.37. The van der Waals surface area contributed by atoms with Crippen LogP contribution in [0, 0.1) is 11.3 Å². The molecule has 78 valence electrons. The highest BCUT2D eigenvalue weighted by Gasteiger charge is 2.11. The van der Waals surface area contributed by atoms with Crippen molar-refractivity contribution in [2.24, 2.45) is 0 Å². The number of nitriles is 1. The smallest absolute Gasteiger partial charge is 0.221 e. The summed E-state index contributed by atoms with van der Waals surface area (Å²) in [5, 5.41) is 11.6. The molecule has 1 atom stereocenters. The van der Waals surface area contributed by atoms with Gasteiger partial charge in [-0.05, 0) is 17.7 Å². The molecule has 1 aromatic carbocycles. The van der Waals surface area contributed by atoms with Gasteiger partial charge < -0.3 is 5.32 Å². The van der Waals surface area contributed by atoms with Crippen LogP contribution < -0.4 is 5.32 Å². The standard InChI is InChI=1S/C11H11BrN2O/c1-2-11(15)14-10(7-13)8-3-5-9(12)6-4-8/h3-6,10H,2H2,1H3,(H,14,15). The Morgan fingerprint density at radius 3 is 2.60 bits per heavy atom. The third-order valence-corrected chi connectivity index (χ3v) is 2.49. The van der Waals surface area contributed by atoms with Gasteiger partial charge in [0.25, 0.3) is 0 Å². The van der Waals surface area contributed by atoms with Gasteiger partial charge in [-0.1, -0.05) is 35.0 Å². The molecule has 1 rings (SSSR count). The first-order valence-corrected chi connectivity index (χ1v) is 5.41. The van der Waals surface area contributed by atoms with Crippen molar-refractivity contribution in [3.8, 4) is 6.07 Å². The fourth-order valence-electron chi connectivity index (χ4n) is 1.11. The van der Waals surface area contributed by atoms with E-state index in [1.807, 2.05) is 24.3 Å². The molecule has 3 nitrogen and oxygen atoms in total. The van der Waals surface area contributed by atoms with Gasteiger partial charge in [-0.25, -0.2) is 0 Å². The SMILES string of the molecule is CCC(=O)NC(C#N)c1ccc(Br)cc1. The Bertz CT molecular complexity index is 381. The maximum absolute atomic E-state index is 11.1. The highest BCUT2D eigenvalue weighted by Crippen LogP contribution is 2.16. The predicted molar refractivity (Wildman–Crippen MR) is 60.9 cm³/mol. The van der Waals surface area contributed by atoms with Gasteiger partial charge in [-0.15, -0.1) is 0 Å². The first kappa shape index (κ1) is 11.7. The van der Waals surface area contributed by atoms with Crippen LogP contribution >= 0.6 is 15.9 Å². The Hall–Kier alpha value is -1.34. The average Bonchev–Trinajstić information content (AvgIpc) is 2.27. The van der Waals surface area contributed by atoms with Crippen molar-refractivity contribution in [2.45, 2.75) is 19.4 Å². The van der Waals surface area contributed by atoms with Crippen LogP contribution in [0.15, 0.2) is 28.7 Å². The summed E-state index contributed by atoms with van der Waals surface area (Å²) in [6, 6.07) is 8.81. The Labute approximate surface area is 97.2 Å². The monoisotopic (exact) mass is 266 g/mol. The molecular formula is C11H11BrN2O. The number of halogens is 1. The molecule has 0 aliphatic carbocycles. The van der Waals surface area contributed by atoms with Gasteiger partial charge >= 0.3 is 0 Å². The molecule has 1 aromatic rings. The van der Waals surface area contributed by atoms with E-state index in [0.717, 1.165) is 10.0 Å². The number of hydrogen-bond acceptors (Lipinski definition) is 2. The molecule has 1 unspecified atom stereocenters. The van der Waals surface area contributed by atoms with E-state index in [1.54, 1.807) is 6.92 Å². The van der Waals surface area contributed by atoms with E-state index in [9.17, 15) is 4.79 Å². The lowest BCUT2D eigenvalue weighted by Crippen LogP contribution is -2.26. The van der Waals surface area contributed by atoms with Crippen molar-refractivity contribution in [1.29, 1.82) is 5.26 Å². The zero-order chi connectivity index (χ0) is 11.3. The number of carbonyl (C=O) groups excluding carboxylic acids is 1. The minimum Gasteiger partial charge on any atom is -0.337 e. The van der Waals surface area contributed by atoms with Crippen LogP contribution in [0.5, 0.6) is 0 Å². The lowest BCUT2D eigenvalue weighted by atomic mass is 10.1. The van der Waals surface area contributed by atoms with Crippen molar-refractivity contribution < 1.29 is 4.79 Å². The van der Waals surface area contributed by atoms with E-state index in [-0.39, 0.29) is 5.91 Å². The largest absolute Gasteiger partial charge is 0.337 e. The molecule has 15 heavy (non-hydrogen) atoms. The molecule has 0 saturated heterocycles. The van der Waals surface area contributed by atoms with Gasteiger partial charge in [0, 0.05) is 10.9 Å². The molecule has 0 aromatic heterocycles. The molecule has 0 saturated carbocycles. The fourth-order valence-corrected chi connectivity index (χ4v) is 1.37. The second-order valence-corrected chi connectivity index (χ2v) is 3.95. The summed E-state index contributed by atoms with van der Waals surface area (Å²) in [4.78, 5) is 11.1. The van der Waals surface area contributed by atoms with Crippen LogP contribution in [-0.4, -0.2) is 5.91 Å². The lowest BCUT2D eigenvalue weighted by Gasteiger charge is -2.10. The van der Waals surface area contributed by atoms with Gasteiger partial charge in [-0.2, -0.15) is 5.26 Å². The highest BCUT2D eigenvalue weighted by molar-refractivity contribution is 9.10. The Morgan fingerprint density at radius 2 is 2.13 bits per heavy atom. The number of nitrogens with one attached hydrogen (secondary N) is 1. The molecule has 0 aliphatic heterocycles. The molecular weight excluding hydrogens is 256 g/mol. The highest BCUT2D eigenvalue weighted by atomic mass is 79.9. The summed E-state index contributed by atoms with van der Waals surface area (Å²) < 4.78 is 0.949. The second-order valence-electron chi connectivity index (χ2n) is 3.03. The van der Waals surface area contributed by atoms with E-state index in [2.05, 4.69) is 27.3 Å². The van der Waals surface area contributed by atoms with Crippen LogP contribution in [0.4, 0.5) is 0 Å². The maximum atomic E-state index is 11.1. The molecule has 0 spiro atoms. The summed E-state index contributed by atoms with van der Waals surface area (Å²) in [6.45, 7) is 1.76. The minimum atomic E-state index is -0.564. The van der Waals surface area contributed by atoms with Crippen LogP contribution in [0.1, 0.15) is 24.9 Å². The van der Waals surface area contributed by atoms with E-state index in [1.165, 1.54) is 0 Å². The van der Waals surface area contributed by atoms with E-state index in [0.29, 0.717) is 6.42 Å². The fraction of sp³-hybridized carbons (Fsp3) is 0.273. The van der Waals surface area contributed by atoms with Crippen molar-refractivity contribution >= 4 is 21.8 Å². The van der Waals surface area contributed by atoms with Crippen molar-refractivity contribution in [1.82, 2.24) is 5.32 Å². The normalized spacial score (nSPS) is 11.5. The predicted octanol–water partition coefficient (Wildman–Crippen LogP) is 2.54. The summed E-state index contributed by atoms with van der Waals surface area (Å²) in [5.74, 6) is -0.121. The maximum Gasteiger partial charge on any atom is 0.221 e. The summed E-state index contributed by atoms with van der Waals surface area (Å²) in [5.41, 5.74) is 0.794. The Morgan fingerprint density at radius 1 is 1.53 bits per heavy atom. The van der Waals surface area contributed by atoms with E-state index >= 15 is 0 Å². The molecule has 0 heterocycles. The van der Waals surface area contributed by atoms with Gasteiger partial charge in [0.05, 0.1) is 6.07 Å². The molecule has 1 amide bonds. The summed E-state index contributed by atoms with van der Waals surface area (Å²) in [7, 11) is 0. The van der Waals surface area contributed by atoms with Crippen molar-refractivity contribution in [2.75, 3.05) is 0 Å². The van der Waals surface area contributed by atoms with Crippen LogP contribution in [0.25, 0.3) is 0 Å². The molecule has 0 fully saturated rings. The zero-order valence-corrected chi connectivity index (χ0v) is 9.91. The van der Waals surface area contributed by atoms with E-state index in [4.69, 9.17) is 5.26 Å². The first-order chi connectivity index (χ1) is 7.17. The van der Waals surface area contributed by atoms with Crippen LogP contribution in [0.3, 0.4) is 0 Å². The Kier molecular flexibility index (Phi) is 4.32. The van der Waals surface area contributed by atoms with Gasteiger partial charge in [0.1, 0.15) is 6.04 Å². The quantitative estimate of drug-likeness (QED) is 0.914. The number of nitrogens with zero attached hydrogens (tertiary/aromatic N) is 1. The van der Waals surface area contributed by atoms with Crippen LogP contribution in [0.2, 0.25) is 0 Å². The molecule has 0 aliphatic rings. The lowest BCUT2D eigenvalue weighted by molar-refractivity contribution is -0.121.